The minimum Gasteiger partial charge on any atom is -0.370 e. The summed E-state index contributed by atoms with van der Waals surface area (Å²) < 4.78 is 0. The van der Waals surface area contributed by atoms with Crippen molar-refractivity contribution in [1.29, 1.82) is 0 Å². The Bertz CT molecular complexity index is 409. The van der Waals surface area contributed by atoms with Crippen molar-refractivity contribution in [3.8, 4) is 0 Å². The van der Waals surface area contributed by atoms with Crippen molar-refractivity contribution in [2.75, 3.05) is 6.54 Å². The molecular weight excluding hydrogens is 381 g/mol. The van der Waals surface area contributed by atoms with Gasteiger partial charge in [-0.3, -0.25) is 4.99 Å². The number of thiophene rings is 1. The number of nitrogens with two attached hydrogens (primary N) is 1. The predicted molar refractivity (Wildman–Crippen MR) is 99.3 cm³/mol. The third-order valence-corrected chi connectivity index (χ3v) is 5.03. The minimum absolute atomic E-state index is 0. The van der Waals surface area contributed by atoms with E-state index in [1.54, 1.807) is 11.3 Å². The summed E-state index contributed by atoms with van der Waals surface area (Å²) in [6, 6.07) is 4.79. The van der Waals surface area contributed by atoms with Crippen LogP contribution in [0.25, 0.3) is 0 Å². The summed E-state index contributed by atoms with van der Waals surface area (Å²) in [6.07, 6.45) is 6.44. The lowest BCUT2D eigenvalue weighted by Crippen LogP contribution is -2.41. The molecule has 20 heavy (non-hydrogen) atoms. The zero-order chi connectivity index (χ0) is 13.7. The molecule has 1 saturated carbocycles. The number of nitrogens with one attached hydrogen (secondary N) is 1. The third-order valence-electron chi connectivity index (χ3n) is 3.79. The van der Waals surface area contributed by atoms with Crippen LogP contribution in [-0.2, 0) is 5.41 Å². The molecule has 0 aromatic carbocycles. The maximum Gasteiger partial charge on any atom is 0.188 e. The first-order chi connectivity index (χ1) is 9.08. The molecule has 0 spiro atoms. The Morgan fingerprint density at radius 1 is 1.40 bits per heavy atom. The highest BCUT2D eigenvalue weighted by molar-refractivity contribution is 14.0. The molecule has 1 aromatic rings. The van der Waals surface area contributed by atoms with Crippen LogP contribution in [0.1, 0.15) is 50.8 Å². The van der Waals surface area contributed by atoms with Crippen molar-refractivity contribution in [2.24, 2.45) is 10.7 Å². The molecule has 3 N–H and O–H groups in total. The molecule has 0 unspecified atom stereocenters. The van der Waals surface area contributed by atoms with Crippen LogP contribution in [0.5, 0.6) is 0 Å². The summed E-state index contributed by atoms with van der Waals surface area (Å²) in [6.45, 7) is 5.17. The van der Waals surface area contributed by atoms with E-state index in [1.807, 2.05) is 0 Å². The zero-order valence-corrected chi connectivity index (χ0v) is 15.5. The molecule has 1 heterocycles. The second-order valence-electron chi connectivity index (χ2n) is 6.04. The van der Waals surface area contributed by atoms with Gasteiger partial charge in [0, 0.05) is 16.3 Å². The van der Waals surface area contributed by atoms with Crippen molar-refractivity contribution in [3.63, 3.8) is 0 Å². The maximum atomic E-state index is 6.01. The lowest BCUT2D eigenvalue weighted by atomic mass is 9.92. The van der Waals surface area contributed by atoms with Gasteiger partial charge in [-0.15, -0.1) is 35.3 Å². The van der Waals surface area contributed by atoms with Gasteiger partial charge in [-0.1, -0.05) is 39.2 Å². The molecule has 0 saturated heterocycles. The molecule has 0 bridgehead atoms. The largest absolute Gasteiger partial charge is 0.370 e. The maximum absolute atomic E-state index is 6.01. The molecule has 0 aliphatic heterocycles. The van der Waals surface area contributed by atoms with E-state index in [0.717, 1.165) is 6.54 Å². The van der Waals surface area contributed by atoms with E-state index in [1.165, 1.54) is 37.0 Å². The van der Waals surface area contributed by atoms with Crippen LogP contribution >= 0.6 is 35.3 Å². The fraction of sp³-hybridized carbons (Fsp3) is 0.667. The van der Waals surface area contributed by atoms with Gasteiger partial charge in [0.05, 0.1) is 6.54 Å². The van der Waals surface area contributed by atoms with Crippen LogP contribution < -0.4 is 11.1 Å². The highest BCUT2D eigenvalue weighted by atomic mass is 127. The van der Waals surface area contributed by atoms with Gasteiger partial charge >= 0.3 is 0 Å². The number of hydrogen-bond acceptors (Lipinski definition) is 2. The van der Waals surface area contributed by atoms with Gasteiger partial charge in [-0.2, -0.15) is 0 Å². The van der Waals surface area contributed by atoms with Gasteiger partial charge in [0.1, 0.15) is 0 Å². The van der Waals surface area contributed by atoms with Crippen molar-refractivity contribution < 1.29 is 0 Å². The van der Waals surface area contributed by atoms with E-state index >= 15 is 0 Å². The first-order valence-electron chi connectivity index (χ1n) is 7.18. The predicted octanol–water partition coefficient (Wildman–Crippen LogP) is 3.88. The highest BCUT2D eigenvalue weighted by Gasteiger charge is 2.21. The average Bonchev–Trinajstić information content (AvgIpc) is 2.92. The Morgan fingerprint density at radius 2 is 2.10 bits per heavy atom. The molecule has 1 aliphatic rings. The van der Waals surface area contributed by atoms with E-state index in [2.05, 4.69) is 41.7 Å². The molecule has 114 valence electrons. The smallest absolute Gasteiger partial charge is 0.188 e. The third kappa shape index (κ3) is 5.24. The molecule has 1 aliphatic carbocycles. The molecular formula is C15H26IN3S. The summed E-state index contributed by atoms with van der Waals surface area (Å²) in [5.41, 5.74) is 6.07. The van der Waals surface area contributed by atoms with E-state index in [4.69, 9.17) is 5.73 Å². The van der Waals surface area contributed by atoms with Crippen LogP contribution in [0, 0.1) is 0 Å². The lowest BCUT2D eigenvalue weighted by molar-refractivity contribution is 0.411. The van der Waals surface area contributed by atoms with E-state index in [-0.39, 0.29) is 29.4 Å². The Hall–Kier alpha value is -0.300. The number of hydrogen-bond donors (Lipinski definition) is 2. The number of aliphatic imine (C=N–C) groups is 1. The average molecular weight is 407 g/mol. The lowest BCUT2D eigenvalue weighted by Gasteiger charge is -2.24. The van der Waals surface area contributed by atoms with Gasteiger partial charge < -0.3 is 11.1 Å². The Balaban J connectivity index is 0.00000200. The minimum atomic E-state index is 0. The van der Waals surface area contributed by atoms with Crippen molar-refractivity contribution in [2.45, 2.75) is 57.4 Å². The van der Waals surface area contributed by atoms with Gasteiger partial charge in [-0.25, -0.2) is 0 Å². The fourth-order valence-electron chi connectivity index (χ4n) is 2.53. The normalized spacial score (nSPS) is 17.6. The van der Waals surface area contributed by atoms with Crippen LogP contribution in [-0.4, -0.2) is 18.5 Å². The second kappa shape index (κ2) is 8.22. The van der Waals surface area contributed by atoms with Crippen LogP contribution in [0.3, 0.4) is 0 Å². The molecule has 5 heteroatoms. The molecule has 0 amide bonds. The van der Waals surface area contributed by atoms with Gasteiger partial charge in [0.2, 0.25) is 0 Å². The quantitative estimate of drug-likeness (QED) is 0.452. The number of halogens is 1. The monoisotopic (exact) mass is 407 g/mol. The summed E-state index contributed by atoms with van der Waals surface area (Å²) in [7, 11) is 0. The van der Waals surface area contributed by atoms with E-state index in [9.17, 15) is 0 Å². The summed E-state index contributed by atoms with van der Waals surface area (Å²) >= 11 is 1.79. The molecule has 0 radical (unpaired) electrons. The van der Waals surface area contributed by atoms with Crippen LogP contribution in [0.4, 0.5) is 0 Å². The standard InChI is InChI=1S/C15H25N3S.HI/c1-15(2,13-9-6-10-19-13)11-17-14(16)18-12-7-4-3-5-8-12;/h6,9-10,12H,3-5,7-8,11H2,1-2H3,(H3,16,17,18);1H. The first kappa shape index (κ1) is 17.8. The fourth-order valence-corrected chi connectivity index (χ4v) is 3.37. The number of nitrogens with zero attached hydrogens (tertiary/aromatic N) is 1. The van der Waals surface area contributed by atoms with Crippen molar-refractivity contribution >= 4 is 41.3 Å². The SMILES string of the molecule is CC(C)(CN=C(N)NC1CCCCC1)c1cccs1.I. The van der Waals surface area contributed by atoms with Crippen LogP contribution in [0.15, 0.2) is 22.5 Å². The topological polar surface area (TPSA) is 50.4 Å². The highest BCUT2D eigenvalue weighted by Crippen LogP contribution is 2.27. The second-order valence-corrected chi connectivity index (χ2v) is 6.99. The summed E-state index contributed by atoms with van der Waals surface area (Å²) in [4.78, 5) is 5.90. The molecule has 2 rings (SSSR count). The Kier molecular flexibility index (Phi) is 7.29. The van der Waals surface area contributed by atoms with Gasteiger partial charge in [-0.05, 0) is 24.3 Å². The Labute approximate surface area is 143 Å². The molecule has 1 aromatic heterocycles. The molecule has 0 atom stereocenters. The van der Waals surface area contributed by atoms with E-state index < -0.39 is 0 Å². The molecule has 1 fully saturated rings. The van der Waals surface area contributed by atoms with Gasteiger partial charge in [0.25, 0.3) is 0 Å². The molecule has 3 nitrogen and oxygen atoms in total. The first-order valence-corrected chi connectivity index (χ1v) is 8.06. The van der Waals surface area contributed by atoms with E-state index in [0.29, 0.717) is 12.0 Å². The van der Waals surface area contributed by atoms with Crippen molar-refractivity contribution in [1.82, 2.24) is 5.32 Å². The Morgan fingerprint density at radius 3 is 2.70 bits per heavy atom. The summed E-state index contributed by atoms with van der Waals surface area (Å²) in [5, 5.41) is 5.48. The summed E-state index contributed by atoms with van der Waals surface area (Å²) in [5.74, 6) is 0.608. The number of guanidine groups is 1. The number of rotatable bonds is 4. The van der Waals surface area contributed by atoms with Crippen LogP contribution in [0.2, 0.25) is 0 Å². The zero-order valence-electron chi connectivity index (χ0n) is 12.4. The van der Waals surface area contributed by atoms with Gasteiger partial charge in [0.15, 0.2) is 5.96 Å². The van der Waals surface area contributed by atoms with Crippen molar-refractivity contribution in [3.05, 3.63) is 22.4 Å².